The molecule has 8 nitrogen and oxygen atoms in total. The number of alkyl halides is 3. The first-order valence-corrected chi connectivity index (χ1v) is 11.2. The summed E-state index contributed by atoms with van der Waals surface area (Å²) >= 11 is 6.14. The average Bonchev–Trinajstić information content (AvgIpc) is 3.21. The number of nitrogens with one attached hydrogen (secondary N) is 2. The summed E-state index contributed by atoms with van der Waals surface area (Å²) in [6.45, 7) is 6.46. The molecule has 2 N–H and O–H groups in total. The van der Waals surface area contributed by atoms with Gasteiger partial charge >= 0.3 is 6.18 Å². The van der Waals surface area contributed by atoms with Crippen molar-refractivity contribution in [2.24, 2.45) is 5.41 Å². The lowest BCUT2D eigenvalue weighted by Gasteiger charge is -2.22. The molecule has 0 saturated carbocycles. The van der Waals surface area contributed by atoms with E-state index in [1.807, 2.05) is 0 Å². The molecule has 0 bridgehead atoms. The van der Waals surface area contributed by atoms with Crippen molar-refractivity contribution in [2.45, 2.75) is 46.3 Å². The van der Waals surface area contributed by atoms with Crippen LogP contribution < -0.4 is 15.4 Å². The van der Waals surface area contributed by atoms with Gasteiger partial charge in [-0.2, -0.15) is 32.8 Å². The summed E-state index contributed by atoms with van der Waals surface area (Å²) < 4.78 is 76.2. The molecule has 2 aromatic heterocycles. The summed E-state index contributed by atoms with van der Waals surface area (Å²) in [7, 11) is 0. The lowest BCUT2D eigenvalue weighted by Crippen LogP contribution is -2.35. The molecule has 0 aliphatic carbocycles. The number of benzene rings is 1. The molecule has 196 valence electrons. The Bertz CT molecular complexity index is 1240. The first kappa shape index (κ1) is 27.4. The number of aromatic nitrogens is 4. The number of fused-ring (bicyclic) bond motifs is 1. The lowest BCUT2D eigenvalue weighted by atomic mass is 9.96. The van der Waals surface area contributed by atoms with E-state index in [1.165, 1.54) is 0 Å². The fourth-order valence-corrected chi connectivity index (χ4v) is 3.32. The predicted octanol–water partition coefficient (Wildman–Crippen LogP) is 5.02. The molecule has 1 atom stereocenters. The first-order valence-electron chi connectivity index (χ1n) is 10.8. The van der Waals surface area contributed by atoms with Crippen molar-refractivity contribution >= 4 is 29.1 Å². The summed E-state index contributed by atoms with van der Waals surface area (Å²) in [6.07, 6.45) is -3.30. The van der Waals surface area contributed by atoms with Crippen LogP contribution in [0.2, 0.25) is 5.15 Å². The molecule has 1 unspecified atom stereocenters. The predicted molar refractivity (Wildman–Crippen MR) is 123 cm³/mol. The van der Waals surface area contributed by atoms with E-state index in [0.29, 0.717) is 13.0 Å². The van der Waals surface area contributed by atoms with E-state index in [0.717, 1.165) is 29.9 Å². The third kappa shape index (κ3) is 6.12. The second-order valence-corrected chi connectivity index (χ2v) is 9.33. The first-order chi connectivity index (χ1) is 16.7. The fourth-order valence-electron chi connectivity index (χ4n) is 3.06. The molecule has 14 heteroatoms. The van der Waals surface area contributed by atoms with Crippen LogP contribution in [0.15, 0.2) is 18.5 Å². The molecule has 0 fully saturated rings. The maximum atomic E-state index is 15.1. The fraction of sp³-hybridized carbons (Fsp3) is 0.455. The standard InChI is InChI=1S/C22H24ClF5N6O2/c1-11(22(26,27)28)32-18-16(17(23)33-20-30-10-31-34(18)20)15-13(24)8-12(9-14(15)25)36-7-5-6-29-19(35)21(2,3)4/h8-11,32H,5-7H2,1-4H3,(H,29,35). The van der Waals surface area contributed by atoms with Gasteiger partial charge in [-0.05, 0) is 13.3 Å². The van der Waals surface area contributed by atoms with Crippen LogP contribution in [0, 0.1) is 17.0 Å². The Hall–Kier alpha value is -3.22. The molecule has 0 saturated heterocycles. The van der Waals surface area contributed by atoms with Crippen LogP contribution in [0.3, 0.4) is 0 Å². The molecular formula is C22H24ClF5N6O2. The van der Waals surface area contributed by atoms with E-state index in [9.17, 15) is 18.0 Å². The molecule has 0 spiro atoms. The number of hydrogen-bond donors (Lipinski definition) is 2. The third-order valence-corrected chi connectivity index (χ3v) is 5.32. The van der Waals surface area contributed by atoms with Crippen molar-refractivity contribution < 1.29 is 31.5 Å². The summed E-state index contributed by atoms with van der Waals surface area (Å²) in [5, 5.41) is 8.21. The van der Waals surface area contributed by atoms with Gasteiger partial charge in [0.2, 0.25) is 5.91 Å². The summed E-state index contributed by atoms with van der Waals surface area (Å²) in [5.41, 5.74) is -1.73. The van der Waals surface area contributed by atoms with Gasteiger partial charge in [-0.15, -0.1) is 0 Å². The highest BCUT2D eigenvalue weighted by Gasteiger charge is 2.37. The average molecular weight is 535 g/mol. The Morgan fingerprint density at radius 1 is 1.17 bits per heavy atom. The molecule has 0 aliphatic rings. The number of anilines is 1. The molecule has 1 amide bonds. The molecule has 0 aliphatic heterocycles. The number of hydrogen-bond acceptors (Lipinski definition) is 6. The molecule has 1 aromatic carbocycles. The van der Waals surface area contributed by atoms with E-state index in [2.05, 4.69) is 25.7 Å². The normalized spacial score (nSPS) is 13.1. The van der Waals surface area contributed by atoms with Gasteiger partial charge in [0.1, 0.15) is 40.7 Å². The highest BCUT2D eigenvalue weighted by molar-refractivity contribution is 6.33. The number of ether oxygens (including phenoxy) is 1. The maximum Gasteiger partial charge on any atom is 0.408 e. The van der Waals surface area contributed by atoms with Crippen LogP contribution in [-0.4, -0.2) is 50.9 Å². The molecule has 0 radical (unpaired) electrons. The second-order valence-electron chi connectivity index (χ2n) is 8.98. The number of amides is 1. The van der Waals surface area contributed by atoms with Gasteiger partial charge in [0, 0.05) is 24.1 Å². The zero-order valence-electron chi connectivity index (χ0n) is 19.8. The SMILES string of the molecule is CC(Nc1c(-c2c(F)cc(OCCCNC(=O)C(C)(C)C)cc2F)c(Cl)nc2ncnn12)C(F)(F)F. The van der Waals surface area contributed by atoms with Crippen molar-refractivity contribution in [3.8, 4) is 16.9 Å². The largest absolute Gasteiger partial charge is 0.493 e. The Labute approximate surface area is 208 Å². The molecule has 36 heavy (non-hydrogen) atoms. The van der Waals surface area contributed by atoms with E-state index >= 15 is 8.78 Å². The smallest absolute Gasteiger partial charge is 0.408 e. The Morgan fingerprint density at radius 2 is 1.81 bits per heavy atom. The van der Waals surface area contributed by atoms with Gasteiger partial charge in [0.15, 0.2) is 0 Å². The minimum Gasteiger partial charge on any atom is -0.493 e. The monoisotopic (exact) mass is 534 g/mol. The van der Waals surface area contributed by atoms with Crippen LogP contribution >= 0.6 is 11.6 Å². The minimum atomic E-state index is -4.68. The number of nitrogens with zero attached hydrogens (tertiary/aromatic N) is 4. The molecular weight excluding hydrogens is 511 g/mol. The highest BCUT2D eigenvalue weighted by Crippen LogP contribution is 2.39. The van der Waals surface area contributed by atoms with Gasteiger partial charge in [-0.3, -0.25) is 4.79 Å². The van der Waals surface area contributed by atoms with Crippen molar-refractivity contribution in [3.63, 3.8) is 0 Å². The van der Waals surface area contributed by atoms with Crippen LogP contribution in [0.1, 0.15) is 34.1 Å². The quantitative estimate of drug-likeness (QED) is 0.239. The van der Waals surface area contributed by atoms with E-state index < -0.39 is 51.4 Å². The van der Waals surface area contributed by atoms with Gasteiger partial charge in [-0.1, -0.05) is 32.4 Å². The van der Waals surface area contributed by atoms with Crippen molar-refractivity contribution in [1.82, 2.24) is 24.9 Å². The highest BCUT2D eigenvalue weighted by atomic mass is 35.5. The molecule has 3 aromatic rings. The zero-order chi connectivity index (χ0) is 26.8. The zero-order valence-corrected chi connectivity index (χ0v) is 20.6. The number of carbonyl (C=O) groups is 1. The van der Waals surface area contributed by atoms with E-state index in [-0.39, 0.29) is 24.0 Å². The number of carbonyl (C=O) groups excluding carboxylic acids is 1. The van der Waals surface area contributed by atoms with Crippen molar-refractivity contribution in [1.29, 1.82) is 0 Å². The number of rotatable bonds is 8. The molecule has 3 rings (SSSR count). The Morgan fingerprint density at radius 3 is 2.39 bits per heavy atom. The summed E-state index contributed by atoms with van der Waals surface area (Å²) in [4.78, 5) is 19.5. The second kappa shape index (κ2) is 10.4. The van der Waals surface area contributed by atoms with Gasteiger partial charge in [0.05, 0.1) is 17.7 Å². The number of halogens is 6. The lowest BCUT2D eigenvalue weighted by molar-refractivity contribution is -0.138. The Balaban J connectivity index is 1.87. The van der Waals surface area contributed by atoms with Crippen LogP contribution in [0.5, 0.6) is 5.75 Å². The van der Waals surface area contributed by atoms with Crippen molar-refractivity contribution in [2.75, 3.05) is 18.5 Å². The summed E-state index contributed by atoms with van der Waals surface area (Å²) in [5.74, 6) is -3.19. The van der Waals surface area contributed by atoms with Gasteiger partial charge in [-0.25, -0.2) is 8.78 Å². The van der Waals surface area contributed by atoms with Crippen LogP contribution in [-0.2, 0) is 4.79 Å². The van der Waals surface area contributed by atoms with Crippen molar-refractivity contribution in [3.05, 3.63) is 35.2 Å². The summed E-state index contributed by atoms with van der Waals surface area (Å²) in [6, 6.07) is -0.356. The minimum absolute atomic E-state index is 0.0474. The van der Waals surface area contributed by atoms with Gasteiger partial charge in [0.25, 0.3) is 5.78 Å². The Kier molecular flexibility index (Phi) is 7.91. The maximum absolute atomic E-state index is 15.1. The van der Waals surface area contributed by atoms with Crippen LogP contribution in [0.4, 0.5) is 27.8 Å². The van der Waals surface area contributed by atoms with E-state index in [4.69, 9.17) is 16.3 Å². The molecule has 2 heterocycles. The van der Waals surface area contributed by atoms with E-state index in [1.54, 1.807) is 20.8 Å². The third-order valence-electron chi connectivity index (χ3n) is 5.05. The van der Waals surface area contributed by atoms with Gasteiger partial charge < -0.3 is 15.4 Å². The van der Waals surface area contributed by atoms with Crippen LogP contribution in [0.25, 0.3) is 16.9 Å². The topological polar surface area (TPSA) is 93.4 Å².